The van der Waals surface area contributed by atoms with Gasteiger partial charge in [0.2, 0.25) is 0 Å². The quantitative estimate of drug-likeness (QED) is 0.572. The molecule has 0 bridgehead atoms. The van der Waals surface area contributed by atoms with Crippen LogP contribution in [0.15, 0.2) is 54.6 Å². The van der Waals surface area contributed by atoms with Gasteiger partial charge in [-0.05, 0) is 29.0 Å². The molecule has 2 aromatic rings. The van der Waals surface area contributed by atoms with Crippen LogP contribution >= 0.6 is 15.9 Å². The monoisotopic (exact) mass is 328 g/mol. The second-order valence-corrected chi connectivity index (χ2v) is 6.95. The van der Waals surface area contributed by atoms with Gasteiger partial charge in [0, 0.05) is 4.83 Å². The lowest BCUT2D eigenvalue weighted by Crippen LogP contribution is -1.99. The van der Waals surface area contributed by atoms with Crippen LogP contribution in [0.1, 0.15) is 42.5 Å². The predicted octanol–water partition coefficient (Wildman–Crippen LogP) is 6.37. The average molecular weight is 329 g/mol. The lowest BCUT2D eigenvalue weighted by Gasteiger charge is -2.15. The Hall–Kier alpha value is -1.08. The average Bonchev–Trinajstić information content (AvgIpc) is 3.01. The summed E-state index contributed by atoms with van der Waals surface area (Å²) in [6.07, 6.45) is 6.98. The van der Waals surface area contributed by atoms with E-state index in [0.717, 1.165) is 5.92 Å². The summed E-state index contributed by atoms with van der Waals surface area (Å²) < 4.78 is 0. The molecule has 0 radical (unpaired) electrons. The summed E-state index contributed by atoms with van der Waals surface area (Å²) >= 11 is 3.88. The Morgan fingerprint density at radius 3 is 2.10 bits per heavy atom. The number of hydrogen-bond acceptors (Lipinski definition) is 0. The van der Waals surface area contributed by atoms with E-state index in [-0.39, 0.29) is 0 Å². The van der Waals surface area contributed by atoms with Crippen LogP contribution in [0.4, 0.5) is 0 Å². The molecule has 1 fully saturated rings. The first-order chi connectivity index (χ1) is 9.83. The van der Waals surface area contributed by atoms with E-state index >= 15 is 0 Å². The van der Waals surface area contributed by atoms with E-state index in [1.807, 2.05) is 0 Å². The first-order valence-corrected chi connectivity index (χ1v) is 8.54. The van der Waals surface area contributed by atoms with Crippen LogP contribution in [0.2, 0.25) is 0 Å². The van der Waals surface area contributed by atoms with Gasteiger partial charge in [-0.2, -0.15) is 0 Å². The summed E-state index contributed by atoms with van der Waals surface area (Å²) in [4.78, 5) is 0.510. The van der Waals surface area contributed by atoms with Crippen molar-refractivity contribution < 1.29 is 0 Å². The number of benzene rings is 2. The molecular weight excluding hydrogens is 308 g/mol. The fourth-order valence-corrected chi connectivity index (χ4v) is 4.02. The highest BCUT2D eigenvalue weighted by Gasteiger charge is 2.19. The Balaban J connectivity index is 1.69. The maximum absolute atomic E-state index is 3.88. The van der Waals surface area contributed by atoms with Crippen molar-refractivity contribution in [1.82, 2.24) is 0 Å². The molecule has 3 rings (SSSR count). The van der Waals surface area contributed by atoms with Gasteiger partial charge in [0.05, 0.1) is 0 Å². The van der Waals surface area contributed by atoms with Gasteiger partial charge in [0.25, 0.3) is 0 Å². The Morgan fingerprint density at radius 1 is 0.850 bits per heavy atom. The van der Waals surface area contributed by atoms with E-state index in [1.54, 1.807) is 0 Å². The first kappa shape index (κ1) is 13.9. The number of alkyl halides is 1. The van der Waals surface area contributed by atoms with Crippen molar-refractivity contribution in [1.29, 1.82) is 0 Å². The molecule has 0 aliphatic heterocycles. The van der Waals surface area contributed by atoms with Gasteiger partial charge in [-0.1, -0.05) is 96.2 Å². The summed E-state index contributed by atoms with van der Waals surface area (Å²) in [5.41, 5.74) is 4.01. The molecule has 0 heterocycles. The van der Waals surface area contributed by atoms with Gasteiger partial charge in [-0.3, -0.25) is 0 Å². The van der Waals surface area contributed by atoms with Gasteiger partial charge in [-0.25, -0.2) is 0 Å². The molecule has 0 saturated heterocycles. The third-order valence-electron chi connectivity index (χ3n) is 4.39. The molecule has 104 valence electrons. The van der Waals surface area contributed by atoms with E-state index in [2.05, 4.69) is 70.5 Å². The Kier molecular flexibility index (Phi) is 4.57. The zero-order chi connectivity index (χ0) is 13.8. The number of rotatable bonds is 4. The molecule has 0 nitrogen and oxygen atoms in total. The minimum absolute atomic E-state index is 0.510. The minimum Gasteiger partial charge on any atom is -0.0839 e. The molecule has 1 atom stereocenters. The van der Waals surface area contributed by atoms with Crippen molar-refractivity contribution in [3.63, 3.8) is 0 Å². The van der Waals surface area contributed by atoms with Gasteiger partial charge in [0.1, 0.15) is 0 Å². The maximum atomic E-state index is 3.88. The smallest absolute Gasteiger partial charge is 0.0398 e. The highest BCUT2D eigenvalue weighted by atomic mass is 79.9. The summed E-state index contributed by atoms with van der Waals surface area (Å²) in [6, 6.07) is 19.6. The Labute approximate surface area is 130 Å². The van der Waals surface area contributed by atoms with Crippen molar-refractivity contribution in [2.24, 2.45) is 5.92 Å². The van der Waals surface area contributed by atoms with Crippen molar-refractivity contribution in [2.45, 2.75) is 36.9 Å². The first-order valence-electron chi connectivity index (χ1n) is 7.62. The molecule has 0 amide bonds. The summed E-state index contributed by atoms with van der Waals surface area (Å²) in [5, 5.41) is 0. The van der Waals surface area contributed by atoms with E-state index in [4.69, 9.17) is 0 Å². The van der Waals surface area contributed by atoms with E-state index in [0.29, 0.717) is 4.83 Å². The molecule has 2 aromatic carbocycles. The van der Waals surface area contributed by atoms with E-state index < -0.39 is 0 Å². The third-order valence-corrected chi connectivity index (χ3v) is 5.30. The standard InChI is InChI=1S/C19H21Br/c20-19(14-15-6-4-5-7-15)18-12-10-17(11-13-18)16-8-2-1-3-9-16/h1-3,8-13,15,19H,4-7,14H2. The summed E-state index contributed by atoms with van der Waals surface area (Å²) in [5.74, 6) is 0.924. The zero-order valence-corrected chi connectivity index (χ0v) is 13.4. The Morgan fingerprint density at radius 2 is 1.45 bits per heavy atom. The maximum Gasteiger partial charge on any atom is 0.0398 e. The molecule has 1 heteroatoms. The fraction of sp³-hybridized carbons (Fsp3) is 0.368. The van der Waals surface area contributed by atoms with Gasteiger partial charge in [-0.15, -0.1) is 0 Å². The molecule has 1 aliphatic rings. The summed E-state index contributed by atoms with van der Waals surface area (Å²) in [7, 11) is 0. The van der Waals surface area contributed by atoms with Crippen LogP contribution in [0.5, 0.6) is 0 Å². The number of hydrogen-bond donors (Lipinski definition) is 0. The topological polar surface area (TPSA) is 0 Å². The van der Waals surface area contributed by atoms with Crippen LogP contribution in [0.25, 0.3) is 11.1 Å². The zero-order valence-electron chi connectivity index (χ0n) is 11.8. The molecule has 0 N–H and O–H groups in total. The van der Waals surface area contributed by atoms with Crippen LogP contribution in [0.3, 0.4) is 0 Å². The summed E-state index contributed by atoms with van der Waals surface area (Å²) in [6.45, 7) is 0. The van der Waals surface area contributed by atoms with E-state index in [9.17, 15) is 0 Å². The van der Waals surface area contributed by atoms with Crippen LogP contribution in [0, 0.1) is 5.92 Å². The van der Waals surface area contributed by atoms with E-state index in [1.165, 1.54) is 48.8 Å². The molecule has 0 aromatic heterocycles. The lowest BCUT2D eigenvalue weighted by molar-refractivity contribution is 0.502. The second-order valence-electron chi connectivity index (χ2n) is 5.84. The molecule has 0 spiro atoms. The van der Waals surface area contributed by atoms with Crippen LogP contribution < -0.4 is 0 Å². The van der Waals surface area contributed by atoms with Crippen molar-refractivity contribution in [3.05, 3.63) is 60.2 Å². The largest absolute Gasteiger partial charge is 0.0839 e. The van der Waals surface area contributed by atoms with Crippen molar-refractivity contribution >= 4 is 15.9 Å². The number of halogens is 1. The molecule has 20 heavy (non-hydrogen) atoms. The molecular formula is C19H21Br. The highest BCUT2D eigenvalue weighted by Crippen LogP contribution is 2.37. The van der Waals surface area contributed by atoms with Gasteiger partial charge >= 0.3 is 0 Å². The second kappa shape index (κ2) is 6.58. The third kappa shape index (κ3) is 3.32. The SMILES string of the molecule is BrC(CC1CCCC1)c1ccc(-c2ccccc2)cc1. The van der Waals surface area contributed by atoms with Crippen molar-refractivity contribution in [2.75, 3.05) is 0 Å². The van der Waals surface area contributed by atoms with Gasteiger partial charge < -0.3 is 0 Å². The highest BCUT2D eigenvalue weighted by molar-refractivity contribution is 9.09. The van der Waals surface area contributed by atoms with Crippen molar-refractivity contribution in [3.8, 4) is 11.1 Å². The Bertz CT molecular complexity index is 523. The lowest BCUT2D eigenvalue weighted by atomic mass is 9.96. The predicted molar refractivity (Wildman–Crippen MR) is 90.1 cm³/mol. The minimum atomic E-state index is 0.510. The molecule has 1 unspecified atom stereocenters. The normalized spacial score (nSPS) is 17.2. The van der Waals surface area contributed by atoms with Gasteiger partial charge in [0.15, 0.2) is 0 Å². The van der Waals surface area contributed by atoms with Crippen LogP contribution in [-0.4, -0.2) is 0 Å². The fourth-order valence-electron chi connectivity index (χ4n) is 3.19. The molecule has 1 aliphatic carbocycles. The van der Waals surface area contributed by atoms with Crippen LogP contribution in [-0.2, 0) is 0 Å². The molecule has 1 saturated carbocycles.